The van der Waals surface area contributed by atoms with Gasteiger partial charge in [-0.1, -0.05) is 6.92 Å². The third-order valence-corrected chi connectivity index (χ3v) is 3.06. The summed E-state index contributed by atoms with van der Waals surface area (Å²) in [5.74, 6) is -0.914. The van der Waals surface area contributed by atoms with Crippen LogP contribution in [0.5, 0.6) is 0 Å². The van der Waals surface area contributed by atoms with Gasteiger partial charge < -0.3 is 10.4 Å². The van der Waals surface area contributed by atoms with Crippen molar-refractivity contribution in [1.29, 1.82) is 0 Å². The van der Waals surface area contributed by atoms with Gasteiger partial charge in [0.25, 0.3) is 0 Å². The van der Waals surface area contributed by atoms with Crippen LogP contribution < -0.4 is 5.32 Å². The van der Waals surface area contributed by atoms with Crippen molar-refractivity contribution in [1.82, 2.24) is 10.2 Å². The number of nitrogens with zero attached hydrogens (tertiary/aromatic N) is 1. The van der Waals surface area contributed by atoms with Crippen LogP contribution in [0.2, 0.25) is 0 Å². The Kier molecular flexibility index (Phi) is 6.16. The van der Waals surface area contributed by atoms with Crippen molar-refractivity contribution in [2.75, 3.05) is 13.6 Å². The zero-order valence-corrected chi connectivity index (χ0v) is 11.4. The molecule has 0 aliphatic heterocycles. The summed E-state index contributed by atoms with van der Waals surface area (Å²) >= 11 is 0. The van der Waals surface area contributed by atoms with E-state index in [1.165, 1.54) is 0 Å². The molecule has 0 saturated carbocycles. The Labute approximate surface area is 103 Å². The number of likely N-dealkylation sites (N-methyl/N-ethyl adjacent to an activating group) is 1. The fourth-order valence-corrected chi connectivity index (χ4v) is 1.19. The van der Waals surface area contributed by atoms with Gasteiger partial charge in [-0.25, -0.2) is 0 Å². The number of carboxylic acids is 1. The number of carbonyl (C=O) groups is 2. The molecule has 0 heterocycles. The molecule has 17 heavy (non-hydrogen) atoms. The van der Waals surface area contributed by atoms with Gasteiger partial charge >= 0.3 is 5.97 Å². The maximum atomic E-state index is 11.9. The summed E-state index contributed by atoms with van der Waals surface area (Å²) in [5, 5.41) is 11.5. The zero-order valence-electron chi connectivity index (χ0n) is 11.4. The van der Waals surface area contributed by atoms with Crippen LogP contribution in [0.4, 0.5) is 0 Å². The zero-order chi connectivity index (χ0) is 13.6. The van der Waals surface area contributed by atoms with Gasteiger partial charge in [0.2, 0.25) is 5.91 Å². The number of aliphatic carboxylic acids is 1. The van der Waals surface area contributed by atoms with Crippen molar-refractivity contribution < 1.29 is 14.7 Å². The molecule has 0 aromatic carbocycles. The van der Waals surface area contributed by atoms with E-state index in [9.17, 15) is 9.59 Å². The lowest BCUT2D eigenvalue weighted by Gasteiger charge is -2.29. The summed E-state index contributed by atoms with van der Waals surface area (Å²) in [6.45, 7) is 8.10. The van der Waals surface area contributed by atoms with E-state index in [0.29, 0.717) is 6.54 Å². The Hall–Kier alpha value is -1.10. The molecule has 0 aliphatic rings. The first-order chi connectivity index (χ1) is 7.69. The predicted octanol–water partition coefficient (Wildman–Crippen LogP) is 1.09. The highest BCUT2D eigenvalue weighted by Crippen LogP contribution is 2.08. The van der Waals surface area contributed by atoms with Crippen LogP contribution in [-0.4, -0.2) is 47.1 Å². The average Bonchev–Trinajstić information content (AvgIpc) is 2.24. The molecule has 0 aliphatic carbocycles. The van der Waals surface area contributed by atoms with Gasteiger partial charge in [-0.05, 0) is 34.2 Å². The average molecular weight is 244 g/mol. The monoisotopic (exact) mass is 244 g/mol. The lowest BCUT2D eigenvalue weighted by Crippen LogP contribution is -2.51. The maximum absolute atomic E-state index is 11.9. The summed E-state index contributed by atoms with van der Waals surface area (Å²) in [6, 6.07) is -0.319. The number of rotatable bonds is 7. The molecule has 2 N–H and O–H groups in total. The highest BCUT2D eigenvalue weighted by atomic mass is 16.4. The lowest BCUT2D eigenvalue weighted by molar-refractivity contribution is -0.138. The SMILES string of the molecule is CCC(C)(C)NC(=O)C(C)N(C)CCC(=O)O. The number of hydrogen-bond acceptors (Lipinski definition) is 3. The number of amides is 1. The first-order valence-corrected chi connectivity index (χ1v) is 5.93. The molecule has 5 heteroatoms. The number of nitrogens with one attached hydrogen (secondary N) is 1. The van der Waals surface area contributed by atoms with Crippen LogP contribution in [0.15, 0.2) is 0 Å². The number of carboxylic acid groups (broad SMARTS) is 1. The molecule has 1 unspecified atom stereocenters. The van der Waals surface area contributed by atoms with Gasteiger partial charge in [-0.2, -0.15) is 0 Å². The second kappa shape index (κ2) is 6.59. The Morgan fingerprint density at radius 2 is 1.94 bits per heavy atom. The molecule has 0 bridgehead atoms. The van der Waals surface area contributed by atoms with Crippen molar-refractivity contribution >= 4 is 11.9 Å². The molecule has 0 rings (SSSR count). The van der Waals surface area contributed by atoms with Crippen LogP contribution in [0, 0.1) is 0 Å². The van der Waals surface area contributed by atoms with Crippen LogP contribution in [0.25, 0.3) is 0 Å². The van der Waals surface area contributed by atoms with Gasteiger partial charge in [0, 0.05) is 12.1 Å². The Balaban J connectivity index is 4.25. The minimum absolute atomic E-state index is 0.0469. The van der Waals surface area contributed by atoms with Crippen LogP contribution >= 0.6 is 0 Å². The third-order valence-electron chi connectivity index (χ3n) is 3.06. The molecule has 0 aromatic rings. The number of hydrogen-bond donors (Lipinski definition) is 2. The predicted molar refractivity (Wildman–Crippen MR) is 66.9 cm³/mol. The Bertz CT molecular complexity index is 277. The Morgan fingerprint density at radius 3 is 2.35 bits per heavy atom. The second-order valence-corrected chi connectivity index (χ2v) is 5.03. The molecule has 5 nitrogen and oxygen atoms in total. The molecule has 0 aromatic heterocycles. The van der Waals surface area contributed by atoms with E-state index in [0.717, 1.165) is 6.42 Å². The Morgan fingerprint density at radius 1 is 1.41 bits per heavy atom. The van der Waals surface area contributed by atoms with Crippen molar-refractivity contribution in [3.63, 3.8) is 0 Å². The number of carbonyl (C=O) groups excluding carboxylic acids is 1. The van der Waals surface area contributed by atoms with E-state index in [1.54, 1.807) is 18.9 Å². The van der Waals surface area contributed by atoms with Crippen molar-refractivity contribution in [3.8, 4) is 0 Å². The highest BCUT2D eigenvalue weighted by Gasteiger charge is 2.24. The summed E-state index contributed by atoms with van der Waals surface area (Å²) in [4.78, 5) is 24.1. The van der Waals surface area contributed by atoms with Crippen molar-refractivity contribution in [2.24, 2.45) is 0 Å². The second-order valence-electron chi connectivity index (χ2n) is 5.03. The molecule has 1 atom stereocenters. The normalized spacial score (nSPS) is 13.5. The first kappa shape index (κ1) is 15.9. The van der Waals surface area contributed by atoms with E-state index in [1.807, 2.05) is 20.8 Å². The van der Waals surface area contributed by atoms with Gasteiger partial charge in [-0.15, -0.1) is 0 Å². The molecule has 0 spiro atoms. The fraction of sp³-hybridized carbons (Fsp3) is 0.833. The molecule has 100 valence electrons. The van der Waals surface area contributed by atoms with E-state index >= 15 is 0 Å². The van der Waals surface area contributed by atoms with Crippen molar-refractivity contribution in [3.05, 3.63) is 0 Å². The summed E-state index contributed by atoms with van der Waals surface area (Å²) < 4.78 is 0. The lowest BCUT2D eigenvalue weighted by atomic mass is 10.0. The summed E-state index contributed by atoms with van der Waals surface area (Å²) in [5.41, 5.74) is -0.223. The third kappa shape index (κ3) is 6.26. The van der Waals surface area contributed by atoms with Gasteiger partial charge in [0.05, 0.1) is 12.5 Å². The van der Waals surface area contributed by atoms with Crippen LogP contribution in [0.1, 0.15) is 40.5 Å². The van der Waals surface area contributed by atoms with Gasteiger partial charge in [0.15, 0.2) is 0 Å². The molecule has 0 radical (unpaired) electrons. The highest BCUT2D eigenvalue weighted by molar-refractivity contribution is 5.82. The standard InChI is InChI=1S/C12H24N2O3/c1-6-12(3,4)13-11(17)9(2)14(5)8-7-10(15)16/h9H,6-8H2,1-5H3,(H,13,17)(H,15,16). The van der Waals surface area contributed by atoms with Gasteiger partial charge in [-0.3, -0.25) is 14.5 Å². The molecule has 0 saturated heterocycles. The molecule has 1 amide bonds. The smallest absolute Gasteiger partial charge is 0.304 e. The van der Waals surface area contributed by atoms with Crippen molar-refractivity contribution in [2.45, 2.75) is 52.1 Å². The fourth-order valence-electron chi connectivity index (χ4n) is 1.19. The maximum Gasteiger partial charge on any atom is 0.304 e. The van der Waals surface area contributed by atoms with E-state index in [2.05, 4.69) is 5.32 Å². The van der Waals surface area contributed by atoms with E-state index in [-0.39, 0.29) is 23.9 Å². The van der Waals surface area contributed by atoms with E-state index in [4.69, 9.17) is 5.11 Å². The quantitative estimate of drug-likeness (QED) is 0.703. The topological polar surface area (TPSA) is 69.6 Å². The van der Waals surface area contributed by atoms with E-state index < -0.39 is 5.97 Å². The molecular weight excluding hydrogens is 220 g/mol. The first-order valence-electron chi connectivity index (χ1n) is 5.93. The summed E-state index contributed by atoms with van der Waals surface area (Å²) in [7, 11) is 1.76. The largest absolute Gasteiger partial charge is 0.481 e. The van der Waals surface area contributed by atoms with Gasteiger partial charge in [0.1, 0.15) is 0 Å². The minimum Gasteiger partial charge on any atom is -0.481 e. The molecule has 0 fully saturated rings. The summed E-state index contributed by atoms with van der Waals surface area (Å²) in [6.07, 6.45) is 0.898. The van der Waals surface area contributed by atoms with Crippen LogP contribution in [0.3, 0.4) is 0 Å². The van der Waals surface area contributed by atoms with Crippen LogP contribution in [-0.2, 0) is 9.59 Å². The molecular formula is C12H24N2O3. The minimum atomic E-state index is -0.849.